The Bertz CT molecular complexity index is 967. The third-order valence-electron chi connectivity index (χ3n) is 3.42. The van der Waals surface area contributed by atoms with E-state index in [-0.39, 0.29) is 11.3 Å². The van der Waals surface area contributed by atoms with Crippen LogP contribution in [0.1, 0.15) is 5.82 Å². The molecule has 0 unspecified atom stereocenters. The van der Waals surface area contributed by atoms with Crippen molar-refractivity contribution in [3.8, 4) is 17.1 Å². The Morgan fingerprint density at radius 3 is 2.23 bits per heavy atom. The van der Waals surface area contributed by atoms with Crippen molar-refractivity contribution in [2.75, 3.05) is 6.26 Å². The lowest BCUT2D eigenvalue weighted by atomic mass is 10.2. The van der Waals surface area contributed by atoms with E-state index in [1.165, 1.54) is 12.1 Å². The molecule has 0 aliphatic heterocycles. The van der Waals surface area contributed by atoms with Gasteiger partial charge in [0, 0.05) is 16.5 Å². The molecular formula is C16H9F6N3S. The van der Waals surface area contributed by atoms with Gasteiger partial charge in [-0.15, -0.1) is 16.9 Å². The minimum absolute atomic E-state index is 0.0389. The van der Waals surface area contributed by atoms with Gasteiger partial charge >= 0.3 is 6.18 Å². The molecule has 3 rings (SSSR count). The summed E-state index contributed by atoms with van der Waals surface area (Å²) in [6.45, 7) is 0. The van der Waals surface area contributed by atoms with Crippen molar-refractivity contribution in [1.29, 1.82) is 0 Å². The first kappa shape index (κ1) is 18.3. The summed E-state index contributed by atoms with van der Waals surface area (Å²) in [6.07, 6.45) is -3.22. The summed E-state index contributed by atoms with van der Waals surface area (Å²) >= 11 is 1.12. The van der Waals surface area contributed by atoms with E-state index in [1.54, 1.807) is 6.26 Å². The molecule has 3 aromatic rings. The smallest absolute Gasteiger partial charge is 0.213 e. The Morgan fingerprint density at radius 2 is 1.65 bits per heavy atom. The molecule has 1 aromatic heterocycles. The van der Waals surface area contributed by atoms with E-state index < -0.39 is 35.3 Å². The molecule has 0 aliphatic rings. The Hall–Kier alpha value is -2.49. The number of hydrogen-bond donors (Lipinski definition) is 0. The normalized spacial score (nSPS) is 11.8. The molecule has 0 amide bonds. The van der Waals surface area contributed by atoms with Crippen LogP contribution in [0.4, 0.5) is 26.3 Å². The van der Waals surface area contributed by atoms with Crippen LogP contribution in [0.25, 0.3) is 17.1 Å². The lowest BCUT2D eigenvalue weighted by molar-refractivity contribution is -0.144. The average molecular weight is 389 g/mol. The van der Waals surface area contributed by atoms with Gasteiger partial charge in [0.05, 0.1) is 5.69 Å². The highest BCUT2D eigenvalue weighted by Gasteiger charge is 2.37. The molecule has 1 heterocycles. The predicted molar refractivity (Wildman–Crippen MR) is 83.5 cm³/mol. The topological polar surface area (TPSA) is 30.7 Å². The van der Waals surface area contributed by atoms with Crippen molar-refractivity contribution >= 4 is 11.8 Å². The Kier molecular flexibility index (Phi) is 4.70. The Balaban J connectivity index is 2.21. The Labute approximate surface area is 147 Å². The van der Waals surface area contributed by atoms with Gasteiger partial charge in [-0.1, -0.05) is 0 Å². The molecule has 0 N–H and O–H groups in total. The van der Waals surface area contributed by atoms with Crippen LogP contribution in [0, 0.1) is 17.5 Å². The molecule has 0 radical (unpaired) electrons. The minimum atomic E-state index is -4.86. The third-order valence-corrected chi connectivity index (χ3v) is 4.19. The maximum Gasteiger partial charge on any atom is 0.453 e. The number of thioether (sulfide) groups is 1. The molecule has 0 spiro atoms. The molecule has 0 bridgehead atoms. The van der Waals surface area contributed by atoms with Gasteiger partial charge < -0.3 is 0 Å². The molecule has 10 heteroatoms. The third kappa shape index (κ3) is 3.41. The molecule has 0 atom stereocenters. The van der Waals surface area contributed by atoms with Gasteiger partial charge in [-0.2, -0.15) is 13.2 Å². The maximum atomic E-state index is 14.0. The van der Waals surface area contributed by atoms with Crippen molar-refractivity contribution in [3.63, 3.8) is 0 Å². The summed E-state index contributed by atoms with van der Waals surface area (Å²) in [5, 5.41) is 3.37. The van der Waals surface area contributed by atoms with E-state index in [4.69, 9.17) is 0 Å². The fourth-order valence-corrected chi connectivity index (χ4v) is 2.68. The standard InChI is InChI=1S/C16H9F6N3S/c1-26-13-5-3-9(7-12(13)19)25-14(23-15(24-25)16(20,21)22)8-2-4-10(17)11(18)6-8/h2-7H,1H3. The predicted octanol–water partition coefficient (Wildman–Crippen LogP) is 5.09. The SMILES string of the molecule is CSc1ccc(-n2nc(C(F)(F)F)nc2-c2ccc(F)c(F)c2)cc1F. The molecule has 2 aromatic carbocycles. The van der Waals surface area contributed by atoms with Crippen molar-refractivity contribution in [2.45, 2.75) is 11.1 Å². The molecule has 0 aliphatic carbocycles. The maximum absolute atomic E-state index is 14.0. The van der Waals surface area contributed by atoms with Crippen LogP contribution >= 0.6 is 11.8 Å². The zero-order chi connectivity index (χ0) is 19.1. The van der Waals surface area contributed by atoms with Crippen LogP contribution in [-0.2, 0) is 6.18 Å². The highest BCUT2D eigenvalue weighted by atomic mass is 32.2. The number of nitrogens with zero attached hydrogens (tertiary/aromatic N) is 3. The highest BCUT2D eigenvalue weighted by Crippen LogP contribution is 2.31. The first-order chi connectivity index (χ1) is 12.2. The number of rotatable bonds is 3. The van der Waals surface area contributed by atoms with E-state index in [0.717, 1.165) is 34.6 Å². The fourth-order valence-electron chi connectivity index (χ4n) is 2.22. The summed E-state index contributed by atoms with van der Waals surface area (Å²) in [6, 6.07) is 6.24. The van der Waals surface area contributed by atoms with Crippen molar-refractivity contribution in [1.82, 2.24) is 14.8 Å². The van der Waals surface area contributed by atoms with E-state index in [2.05, 4.69) is 10.1 Å². The second-order valence-corrected chi connectivity index (χ2v) is 5.96. The molecular weight excluding hydrogens is 380 g/mol. The molecule has 0 fully saturated rings. The summed E-state index contributed by atoms with van der Waals surface area (Å²) in [7, 11) is 0. The first-order valence-corrected chi connectivity index (χ1v) is 8.27. The number of halogens is 6. The van der Waals surface area contributed by atoms with Crippen LogP contribution in [0.2, 0.25) is 0 Å². The summed E-state index contributed by atoms with van der Waals surface area (Å²) in [5.74, 6) is -4.95. The molecule has 136 valence electrons. The van der Waals surface area contributed by atoms with Crippen LogP contribution in [0.3, 0.4) is 0 Å². The molecule has 0 saturated carbocycles. The highest BCUT2D eigenvalue weighted by molar-refractivity contribution is 7.98. The quantitative estimate of drug-likeness (QED) is 0.462. The van der Waals surface area contributed by atoms with Gasteiger partial charge in [0.25, 0.3) is 5.82 Å². The lowest BCUT2D eigenvalue weighted by Gasteiger charge is -2.08. The van der Waals surface area contributed by atoms with Crippen molar-refractivity contribution in [2.24, 2.45) is 0 Å². The average Bonchev–Trinajstić information content (AvgIpc) is 3.03. The number of hydrogen-bond acceptors (Lipinski definition) is 3. The first-order valence-electron chi connectivity index (χ1n) is 7.04. The van der Waals surface area contributed by atoms with Crippen LogP contribution in [0.15, 0.2) is 41.3 Å². The van der Waals surface area contributed by atoms with E-state index >= 15 is 0 Å². The van der Waals surface area contributed by atoms with E-state index in [9.17, 15) is 26.3 Å². The number of alkyl halides is 3. The summed E-state index contributed by atoms with van der Waals surface area (Å²) < 4.78 is 80.4. The largest absolute Gasteiger partial charge is 0.453 e. The minimum Gasteiger partial charge on any atom is -0.213 e. The lowest BCUT2D eigenvalue weighted by Crippen LogP contribution is -2.08. The van der Waals surface area contributed by atoms with Gasteiger partial charge in [0.1, 0.15) is 5.82 Å². The second-order valence-electron chi connectivity index (χ2n) is 5.12. The van der Waals surface area contributed by atoms with Gasteiger partial charge in [0.15, 0.2) is 17.5 Å². The van der Waals surface area contributed by atoms with E-state index in [1.807, 2.05) is 0 Å². The Morgan fingerprint density at radius 1 is 0.923 bits per heavy atom. The molecule has 26 heavy (non-hydrogen) atoms. The van der Waals surface area contributed by atoms with Crippen molar-refractivity contribution < 1.29 is 26.3 Å². The van der Waals surface area contributed by atoms with E-state index in [0.29, 0.717) is 11.0 Å². The fraction of sp³-hybridized carbons (Fsp3) is 0.125. The van der Waals surface area contributed by atoms with Crippen LogP contribution < -0.4 is 0 Å². The van der Waals surface area contributed by atoms with Gasteiger partial charge in [-0.05, 0) is 36.6 Å². The zero-order valence-corrected chi connectivity index (χ0v) is 13.8. The van der Waals surface area contributed by atoms with Crippen LogP contribution in [-0.4, -0.2) is 21.0 Å². The number of aromatic nitrogens is 3. The van der Waals surface area contributed by atoms with Gasteiger partial charge in [0.2, 0.25) is 0 Å². The number of benzene rings is 2. The summed E-state index contributed by atoms with van der Waals surface area (Å²) in [4.78, 5) is 3.67. The zero-order valence-electron chi connectivity index (χ0n) is 13.0. The second kappa shape index (κ2) is 6.67. The van der Waals surface area contributed by atoms with Gasteiger partial charge in [-0.25, -0.2) is 22.8 Å². The molecule has 0 saturated heterocycles. The van der Waals surface area contributed by atoms with Crippen LogP contribution in [0.5, 0.6) is 0 Å². The van der Waals surface area contributed by atoms with Crippen molar-refractivity contribution in [3.05, 3.63) is 59.7 Å². The monoisotopic (exact) mass is 389 g/mol. The summed E-state index contributed by atoms with van der Waals surface area (Å²) in [5.41, 5.74) is -0.177. The van der Waals surface area contributed by atoms with Gasteiger partial charge in [-0.3, -0.25) is 0 Å². The molecule has 3 nitrogen and oxygen atoms in total.